The minimum atomic E-state index is 0. The minimum absolute atomic E-state index is 0. The topological polar surface area (TPSA) is 78.1 Å². The Kier molecular flexibility index (Phi) is 6.88. The normalized spacial score (nSPS) is 20.5. The van der Waals surface area contributed by atoms with Crippen LogP contribution < -0.4 is 25.3 Å². The molecule has 4 rings (SSSR count). The van der Waals surface area contributed by atoms with Crippen LogP contribution in [0.2, 0.25) is 0 Å². The third-order valence-electron chi connectivity index (χ3n) is 4.68. The van der Waals surface area contributed by atoms with Crippen LogP contribution in [0.1, 0.15) is 31.2 Å². The Hall–Kier alpha value is -2.16. The lowest BCUT2D eigenvalue weighted by molar-refractivity contribution is 0.297. The Morgan fingerprint density at radius 3 is 2.82 bits per heavy atom. The Labute approximate surface area is 182 Å². The summed E-state index contributed by atoms with van der Waals surface area (Å²) in [6, 6.07) is 14.1. The van der Waals surface area contributed by atoms with Crippen molar-refractivity contribution in [3.05, 3.63) is 48.0 Å². The molecule has 2 aromatic rings. The molecule has 7 heteroatoms. The van der Waals surface area contributed by atoms with Gasteiger partial charge in [0.15, 0.2) is 17.5 Å². The van der Waals surface area contributed by atoms with Gasteiger partial charge in [0.1, 0.15) is 5.75 Å². The van der Waals surface area contributed by atoms with Gasteiger partial charge in [-0.05, 0) is 43.2 Å². The van der Waals surface area contributed by atoms with Crippen LogP contribution >= 0.6 is 24.0 Å². The Balaban J connectivity index is 0.00000225. The fourth-order valence-electron chi connectivity index (χ4n) is 3.28. The summed E-state index contributed by atoms with van der Waals surface area (Å²) in [5.74, 6) is 3.22. The van der Waals surface area contributed by atoms with Gasteiger partial charge in [-0.2, -0.15) is 0 Å². The zero-order valence-electron chi connectivity index (χ0n) is 15.9. The second-order valence-electron chi connectivity index (χ2n) is 6.77. The summed E-state index contributed by atoms with van der Waals surface area (Å²) in [5, 5.41) is 3.15. The smallest absolute Gasteiger partial charge is 0.193 e. The SMILES string of the molecule is CCOc1cccc([C@@H]2C[C@H]2N=C(N)Nc2ccc3c(c2)OCCCO3)c1.I. The Morgan fingerprint density at radius 1 is 1.18 bits per heavy atom. The first-order valence-corrected chi connectivity index (χ1v) is 9.45. The van der Waals surface area contributed by atoms with Crippen molar-refractivity contribution in [3.63, 3.8) is 0 Å². The molecular formula is C21H26IN3O3. The minimum Gasteiger partial charge on any atom is -0.494 e. The van der Waals surface area contributed by atoms with Gasteiger partial charge >= 0.3 is 0 Å². The second kappa shape index (κ2) is 9.36. The highest BCUT2D eigenvalue weighted by molar-refractivity contribution is 14.0. The van der Waals surface area contributed by atoms with Crippen molar-refractivity contribution >= 4 is 35.6 Å². The van der Waals surface area contributed by atoms with Crippen LogP contribution in [0, 0.1) is 0 Å². The van der Waals surface area contributed by atoms with Crippen molar-refractivity contribution in [3.8, 4) is 17.2 Å². The lowest BCUT2D eigenvalue weighted by Crippen LogP contribution is -2.23. The standard InChI is InChI=1S/C21H25N3O3.HI/c1-2-25-16-6-3-5-14(11-16)17-13-18(17)24-21(22)23-15-7-8-19-20(12-15)27-10-4-9-26-19;/h3,5-8,11-12,17-18H,2,4,9-10,13H2,1H3,(H3,22,23,24);1H/t17-,18+;/m0./s1. The molecule has 0 bridgehead atoms. The molecule has 6 nitrogen and oxygen atoms in total. The molecular weight excluding hydrogens is 469 g/mol. The summed E-state index contributed by atoms with van der Waals surface area (Å²) < 4.78 is 16.9. The molecule has 1 heterocycles. The maximum atomic E-state index is 6.11. The number of hydrogen-bond donors (Lipinski definition) is 2. The monoisotopic (exact) mass is 495 g/mol. The summed E-state index contributed by atoms with van der Waals surface area (Å²) in [4.78, 5) is 4.62. The number of nitrogens with zero attached hydrogens (tertiary/aromatic N) is 1. The Bertz CT molecular complexity index is 843. The molecule has 1 aliphatic carbocycles. The summed E-state index contributed by atoms with van der Waals surface area (Å²) in [5.41, 5.74) is 8.21. The molecule has 28 heavy (non-hydrogen) atoms. The predicted octanol–water partition coefficient (Wildman–Crippen LogP) is 4.15. The number of nitrogens with one attached hydrogen (secondary N) is 1. The third-order valence-corrected chi connectivity index (χ3v) is 4.68. The summed E-state index contributed by atoms with van der Waals surface area (Å²) in [7, 11) is 0. The molecule has 0 amide bonds. The number of guanidine groups is 1. The van der Waals surface area contributed by atoms with Gasteiger partial charge in [-0.3, -0.25) is 0 Å². The first-order chi connectivity index (χ1) is 13.2. The first kappa shape index (κ1) is 20.6. The molecule has 0 aromatic heterocycles. The number of benzene rings is 2. The number of ether oxygens (including phenoxy) is 3. The van der Waals surface area contributed by atoms with Crippen molar-refractivity contribution in [2.24, 2.45) is 10.7 Å². The predicted molar refractivity (Wildman–Crippen MR) is 121 cm³/mol. The van der Waals surface area contributed by atoms with E-state index in [9.17, 15) is 0 Å². The lowest BCUT2D eigenvalue weighted by Gasteiger charge is -2.10. The van der Waals surface area contributed by atoms with Crippen LogP contribution in [0.3, 0.4) is 0 Å². The van der Waals surface area contributed by atoms with Gasteiger partial charge in [-0.15, -0.1) is 24.0 Å². The number of hydrogen-bond acceptors (Lipinski definition) is 4. The van der Waals surface area contributed by atoms with Gasteiger partial charge in [0.05, 0.1) is 25.9 Å². The van der Waals surface area contributed by atoms with Crippen molar-refractivity contribution in [1.82, 2.24) is 0 Å². The molecule has 0 unspecified atom stereocenters. The van der Waals surface area contributed by atoms with Crippen LogP contribution in [-0.2, 0) is 0 Å². The zero-order chi connectivity index (χ0) is 18.6. The number of anilines is 1. The molecule has 2 aromatic carbocycles. The number of rotatable bonds is 5. The van der Waals surface area contributed by atoms with Crippen molar-refractivity contribution < 1.29 is 14.2 Å². The highest BCUT2D eigenvalue weighted by Crippen LogP contribution is 2.44. The fraction of sp³-hybridized carbons (Fsp3) is 0.381. The van der Waals surface area contributed by atoms with Gasteiger partial charge in [-0.25, -0.2) is 4.99 Å². The number of halogens is 1. The van der Waals surface area contributed by atoms with E-state index in [1.165, 1.54) is 5.56 Å². The van der Waals surface area contributed by atoms with E-state index in [1.54, 1.807) is 0 Å². The average Bonchev–Trinajstić information content (AvgIpc) is 3.45. The number of aliphatic imine (C=N–C) groups is 1. The van der Waals surface area contributed by atoms with E-state index in [0.717, 1.165) is 35.8 Å². The second-order valence-corrected chi connectivity index (χ2v) is 6.77. The lowest BCUT2D eigenvalue weighted by atomic mass is 10.1. The van der Waals surface area contributed by atoms with Gasteiger partial charge in [0.25, 0.3) is 0 Å². The molecule has 0 radical (unpaired) electrons. The van der Waals surface area contributed by atoms with Crippen LogP contribution in [0.5, 0.6) is 17.2 Å². The molecule has 1 saturated carbocycles. The quantitative estimate of drug-likeness (QED) is 0.370. The molecule has 0 spiro atoms. The summed E-state index contributed by atoms with van der Waals surface area (Å²) in [6.07, 6.45) is 1.88. The Morgan fingerprint density at radius 2 is 2.00 bits per heavy atom. The van der Waals surface area contributed by atoms with E-state index in [2.05, 4.69) is 22.4 Å². The van der Waals surface area contributed by atoms with E-state index >= 15 is 0 Å². The van der Waals surface area contributed by atoms with Crippen LogP contribution in [0.15, 0.2) is 47.5 Å². The maximum absolute atomic E-state index is 6.11. The first-order valence-electron chi connectivity index (χ1n) is 9.45. The number of nitrogens with two attached hydrogens (primary N) is 1. The van der Waals surface area contributed by atoms with Crippen LogP contribution in [0.4, 0.5) is 5.69 Å². The zero-order valence-corrected chi connectivity index (χ0v) is 18.2. The summed E-state index contributed by atoms with van der Waals surface area (Å²) >= 11 is 0. The summed E-state index contributed by atoms with van der Waals surface area (Å²) in [6.45, 7) is 3.99. The largest absolute Gasteiger partial charge is 0.494 e. The molecule has 0 saturated heterocycles. The molecule has 2 aliphatic rings. The fourth-order valence-corrected chi connectivity index (χ4v) is 3.28. The van der Waals surface area contributed by atoms with Crippen molar-refractivity contribution in [2.45, 2.75) is 31.7 Å². The molecule has 1 aliphatic heterocycles. The number of fused-ring (bicyclic) bond motifs is 1. The maximum Gasteiger partial charge on any atom is 0.193 e. The molecule has 1 fully saturated rings. The van der Waals surface area contributed by atoms with E-state index < -0.39 is 0 Å². The highest BCUT2D eigenvalue weighted by atomic mass is 127. The average molecular weight is 495 g/mol. The van der Waals surface area contributed by atoms with Crippen molar-refractivity contribution in [1.29, 1.82) is 0 Å². The third kappa shape index (κ3) is 5.01. The van der Waals surface area contributed by atoms with Crippen LogP contribution in [0.25, 0.3) is 0 Å². The van der Waals surface area contributed by atoms with Gasteiger partial charge in [0.2, 0.25) is 0 Å². The van der Waals surface area contributed by atoms with Crippen molar-refractivity contribution in [2.75, 3.05) is 25.1 Å². The van der Waals surface area contributed by atoms with E-state index in [1.807, 2.05) is 37.3 Å². The van der Waals surface area contributed by atoms with E-state index in [0.29, 0.717) is 31.7 Å². The molecule has 3 N–H and O–H groups in total. The van der Waals surface area contributed by atoms with E-state index in [-0.39, 0.29) is 30.0 Å². The molecule has 2 atom stereocenters. The van der Waals surface area contributed by atoms with Gasteiger partial charge in [-0.1, -0.05) is 12.1 Å². The van der Waals surface area contributed by atoms with Crippen LogP contribution in [-0.4, -0.2) is 31.8 Å². The van der Waals surface area contributed by atoms with Gasteiger partial charge < -0.3 is 25.3 Å². The highest BCUT2D eigenvalue weighted by Gasteiger charge is 2.38. The van der Waals surface area contributed by atoms with E-state index in [4.69, 9.17) is 19.9 Å². The van der Waals surface area contributed by atoms with Gasteiger partial charge in [0, 0.05) is 24.1 Å². The molecule has 150 valence electrons.